The van der Waals surface area contributed by atoms with E-state index in [4.69, 9.17) is 5.11 Å². The van der Waals surface area contributed by atoms with Gasteiger partial charge in [0.1, 0.15) is 5.82 Å². The summed E-state index contributed by atoms with van der Waals surface area (Å²) in [6, 6.07) is 11.8. The van der Waals surface area contributed by atoms with Crippen LogP contribution in [-0.2, 0) is 6.42 Å². The zero-order valence-corrected chi connectivity index (χ0v) is 12.0. The molecule has 4 nitrogen and oxygen atoms in total. The summed E-state index contributed by atoms with van der Waals surface area (Å²) in [6.45, 7) is 1.81. The van der Waals surface area contributed by atoms with Crippen LogP contribution in [0.3, 0.4) is 0 Å². The van der Waals surface area contributed by atoms with E-state index >= 15 is 0 Å². The molecule has 0 bridgehead atoms. The van der Waals surface area contributed by atoms with Gasteiger partial charge in [0.25, 0.3) is 0 Å². The van der Waals surface area contributed by atoms with Gasteiger partial charge in [0.15, 0.2) is 0 Å². The molecule has 0 aliphatic heterocycles. The molecule has 0 amide bonds. The van der Waals surface area contributed by atoms with Crippen molar-refractivity contribution in [3.8, 4) is 0 Å². The first-order valence-corrected chi connectivity index (χ1v) is 7.20. The molecule has 0 spiro atoms. The lowest BCUT2D eigenvalue weighted by Crippen LogP contribution is -2.18. The fourth-order valence-corrected chi connectivity index (χ4v) is 2.95. The van der Waals surface area contributed by atoms with Gasteiger partial charge in [-0.1, -0.05) is 24.3 Å². The topological polar surface area (TPSA) is 62.2 Å². The Morgan fingerprint density at radius 2 is 2.14 bits per heavy atom. The zero-order chi connectivity index (χ0) is 14.8. The summed E-state index contributed by atoms with van der Waals surface area (Å²) < 4.78 is 0. The molecule has 3 rings (SSSR count). The normalized spacial score (nSPS) is 17.1. The Kier molecular flexibility index (Phi) is 3.60. The number of aromatic nitrogens is 1. The number of nitrogens with zero attached hydrogens (tertiary/aromatic N) is 1. The number of rotatable bonds is 3. The number of benzene rings is 1. The van der Waals surface area contributed by atoms with Crippen molar-refractivity contribution in [1.82, 2.24) is 4.98 Å². The summed E-state index contributed by atoms with van der Waals surface area (Å²) in [7, 11) is 0. The van der Waals surface area contributed by atoms with Crippen molar-refractivity contribution in [1.29, 1.82) is 0 Å². The third kappa shape index (κ3) is 2.89. The SMILES string of the molecule is Cc1cc(C(=O)O)cc(NC2CCCc3ccccc32)n1. The van der Waals surface area contributed by atoms with Crippen molar-refractivity contribution in [3.63, 3.8) is 0 Å². The summed E-state index contributed by atoms with van der Waals surface area (Å²) >= 11 is 0. The Bertz CT molecular complexity index is 682. The number of carbonyl (C=O) groups is 1. The molecular weight excluding hydrogens is 264 g/mol. The molecule has 0 fully saturated rings. The van der Waals surface area contributed by atoms with Crippen molar-refractivity contribution in [2.45, 2.75) is 32.2 Å². The third-order valence-electron chi connectivity index (χ3n) is 3.89. The molecule has 0 saturated carbocycles. The van der Waals surface area contributed by atoms with E-state index in [9.17, 15) is 4.79 Å². The van der Waals surface area contributed by atoms with Crippen LogP contribution >= 0.6 is 0 Å². The number of nitrogens with one attached hydrogen (secondary N) is 1. The lowest BCUT2D eigenvalue weighted by Gasteiger charge is -2.27. The van der Waals surface area contributed by atoms with E-state index in [1.165, 1.54) is 11.1 Å². The van der Waals surface area contributed by atoms with Crippen LogP contribution in [0, 0.1) is 6.92 Å². The maximum absolute atomic E-state index is 11.1. The first-order chi connectivity index (χ1) is 10.1. The van der Waals surface area contributed by atoms with E-state index < -0.39 is 5.97 Å². The molecule has 21 heavy (non-hydrogen) atoms. The van der Waals surface area contributed by atoms with Gasteiger partial charge >= 0.3 is 5.97 Å². The second-order valence-corrected chi connectivity index (χ2v) is 5.48. The van der Waals surface area contributed by atoms with Crippen LogP contribution < -0.4 is 5.32 Å². The number of aromatic carboxylic acids is 1. The second kappa shape index (κ2) is 5.56. The molecule has 1 aromatic heterocycles. The molecule has 108 valence electrons. The predicted octanol–water partition coefficient (Wildman–Crippen LogP) is 3.58. The number of aryl methyl sites for hydroxylation is 2. The second-order valence-electron chi connectivity index (χ2n) is 5.48. The summed E-state index contributed by atoms with van der Waals surface area (Å²) in [5.74, 6) is -0.290. The number of carboxylic acids is 1. The predicted molar refractivity (Wildman–Crippen MR) is 81.7 cm³/mol. The molecule has 2 N–H and O–H groups in total. The molecule has 2 aromatic rings. The van der Waals surface area contributed by atoms with Crippen LogP contribution in [0.5, 0.6) is 0 Å². The molecule has 0 radical (unpaired) electrons. The molecule has 1 aromatic carbocycles. The smallest absolute Gasteiger partial charge is 0.335 e. The van der Waals surface area contributed by atoms with Crippen LogP contribution in [0.25, 0.3) is 0 Å². The van der Waals surface area contributed by atoms with Crippen molar-refractivity contribution >= 4 is 11.8 Å². The number of fused-ring (bicyclic) bond motifs is 1. The molecule has 1 unspecified atom stereocenters. The van der Waals surface area contributed by atoms with E-state index in [1.54, 1.807) is 12.1 Å². The molecule has 1 aliphatic rings. The standard InChI is InChI=1S/C17H18N2O2/c1-11-9-13(17(20)21)10-16(18-11)19-15-8-4-6-12-5-2-3-7-14(12)15/h2-3,5,7,9-10,15H,4,6,8H2,1H3,(H,18,19)(H,20,21). The maximum Gasteiger partial charge on any atom is 0.335 e. The van der Waals surface area contributed by atoms with Crippen LogP contribution in [0.4, 0.5) is 5.82 Å². The summed E-state index contributed by atoms with van der Waals surface area (Å²) in [6.07, 6.45) is 3.28. The Labute approximate surface area is 123 Å². The van der Waals surface area contributed by atoms with Gasteiger partial charge in [-0.3, -0.25) is 0 Å². The molecule has 0 saturated heterocycles. The van der Waals surface area contributed by atoms with E-state index in [2.05, 4.69) is 28.5 Å². The number of hydrogen-bond donors (Lipinski definition) is 2. The lowest BCUT2D eigenvalue weighted by atomic mass is 9.88. The minimum absolute atomic E-state index is 0.200. The Hall–Kier alpha value is -2.36. The minimum atomic E-state index is -0.924. The van der Waals surface area contributed by atoms with Gasteiger partial charge in [-0.2, -0.15) is 0 Å². The van der Waals surface area contributed by atoms with Crippen LogP contribution in [-0.4, -0.2) is 16.1 Å². The van der Waals surface area contributed by atoms with Crippen molar-refractivity contribution in [2.24, 2.45) is 0 Å². The summed E-state index contributed by atoms with van der Waals surface area (Å²) in [5, 5.41) is 12.5. The fourth-order valence-electron chi connectivity index (χ4n) is 2.95. The van der Waals surface area contributed by atoms with E-state index in [-0.39, 0.29) is 11.6 Å². The van der Waals surface area contributed by atoms with Crippen molar-refractivity contribution in [2.75, 3.05) is 5.32 Å². The number of carboxylic acid groups (broad SMARTS) is 1. The highest BCUT2D eigenvalue weighted by atomic mass is 16.4. The lowest BCUT2D eigenvalue weighted by molar-refractivity contribution is 0.0696. The summed E-state index contributed by atoms with van der Waals surface area (Å²) in [5.41, 5.74) is 3.65. The Morgan fingerprint density at radius 1 is 1.33 bits per heavy atom. The van der Waals surface area contributed by atoms with Crippen LogP contribution in [0.1, 0.15) is 46.1 Å². The first-order valence-electron chi connectivity index (χ1n) is 7.20. The fraction of sp³-hybridized carbons (Fsp3) is 0.294. The van der Waals surface area contributed by atoms with Gasteiger partial charge in [0.05, 0.1) is 11.6 Å². The highest BCUT2D eigenvalue weighted by molar-refractivity contribution is 5.88. The highest BCUT2D eigenvalue weighted by Gasteiger charge is 2.20. The van der Waals surface area contributed by atoms with Crippen molar-refractivity contribution in [3.05, 3.63) is 58.8 Å². The quantitative estimate of drug-likeness (QED) is 0.903. The number of hydrogen-bond acceptors (Lipinski definition) is 3. The molecule has 4 heteroatoms. The third-order valence-corrected chi connectivity index (χ3v) is 3.89. The zero-order valence-electron chi connectivity index (χ0n) is 12.0. The summed E-state index contributed by atoms with van der Waals surface area (Å²) in [4.78, 5) is 15.5. The van der Waals surface area contributed by atoms with Gasteiger partial charge < -0.3 is 10.4 Å². The van der Waals surface area contributed by atoms with E-state index in [1.807, 2.05) is 13.0 Å². The van der Waals surface area contributed by atoms with Gasteiger partial charge in [0.2, 0.25) is 0 Å². The van der Waals surface area contributed by atoms with Gasteiger partial charge in [0, 0.05) is 5.69 Å². The molecule has 1 aliphatic carbocycles. The Morgan fingerprint density at radius 3 is 2.95 bits per heavy atom. The van der Waals surface area contributed by atoms with E-state index in [0.29, 0.717) is 11.5 Å². The molecule has 1 atom stereocenters. The van der Waals surface area contributed by atoms with Crippen LogP contribution in [0.15, 0.2) is 36.4 Å². The number of pyridine rings is 1. The largest absolute Gasteiger partial charge is 0.478 e. The van der Waals surface area contributed by atoms with Gasteiger partial charge in [-0.15, -0.1) is 0 Å². The first kappa shape index (κ1) is 13.6. The minimum Gasteiger partial charge on any atom is -0.478 e. The Balaban J connectivity index is 1.90. The van der Waals surface area contributed by atoms with Gasteiger partial charge in [-0.25, -0.2) is 9.78 Å². The van der Waals surface area contributed by atoms with E-state index in [0.717, 1.165) is 19.3 Å². The highest BCUT2D eigenvalue weighted by Crippen LogP contribution is 2.32. The molecular formula is C17H18N2O2. The van der Waals surface area contributed by atoms with Crippen LogP contribution in [0.2, 0.25) is 0 Å². The number of anilines is 1. The average molecular weight is 282 g/mol. The molecule has 1 heterocycles. The van der Waals surface area contributed by atoms with Gasteiger partial charge in [-0.05, 0) is 49.4 Å². The van der Waals surface area contributed by atoms with Crippen molar-refractivity contribution < 1.29 is 9.90 Å². The average Bonchev–Trinajstić information content (AvgIpc) is 2.47. The maximum atomic E-state index is 11.1. The monoisotopic (exact) mass is 282 g/mol.